The number of anilines is 1. The molecule has 5 nitrogen and oxygen atoms in total. The quantitative estimate of drug-likeness (QED) is 0.434. The van der Waals surface area contributed by atoms with E-state index in [-0.39, 0.29) is 17.0 Å². The number of carbonyl (C=O) groups is 3. The molecule has 0 aromatic heterocycles. The van der Waals surface area contributed by atoms with Gasteiger partial charge >= 0.3 is 5.97 Å². The summed E-state index contributed by atoms with van der Waals surface area (Å²) in [7, 11) is 0. The van der Waals surface area contributed by atoms with Crippen LogP contribution >= 0.6 is 11.8 Å². The second-order valence-electron chi connectivity index (χ2n) is 5.01. The van der Waals surface area contributed by atoms with Crippen molar-refractivity contribution in [2.75, 3.05) is 11.1 Å². The van der Waals surface area contributed by atoms with Crippen LogP contribution in [0.15, 0.2) is 47.4 Å². The molecule has 0 saturated heterocycles. The van der Waals surface area contributed by atoms with Crippen molar-refractivity contribution in [2.45, 2.75) is 18.2 Å². The molecular weight excluding hydrogens is 326 g/mol. The smallest absolute Gasteiger partial charge is 0.335 e. The second-order valence-corrected chi connectivity index (χ2v) is 6.14. The Morgan fingerprint density at radius 3 is 2.46 bits per heavy atom. The maximum absolute atomic E-state index is 12.9. The van der Waals surface area contributed by atoms with Crippen LogP contribution in [0.25, 0.3) is 0 Å². The van der Waals surface area contributed by atoms with Crippen molar-refractivity contribution in [3.63, 3.8) is 0 Å². The van der Waals surface area contributed by atoms with Gasteiger partial charge in [-0.25, -0.2) is 4.79 Å². The number of ketones is 1. The van der Waals surface area contributed by atoms with Crippen LogP contribution in [-0.4, -0.2) is 29.0 Å². The fourth-order valence-electron chi connectivity index (χ4n) is 2.21. The molecule has 24 heavy (non-hydrogen) atoms. The van der Waals surface area contributed by atoms with Crippen molar-refractivity contribution in [2.24, 2.45) is 0 Å². The molecule has 2 N–H and O–H groups in total. The van der Waals surface area contributed by atoms with E-state index in [1.165, 1.54) is 23.9 Å². The predicted molar refractivity (Wildman–Crippen MR) is 94.0 cm³/mol. The fourth-order valence-corrected chi connectivity index (χ4v) is 3.19. The van der Waals surface area contributed by atoms with E-state index < -0.39 is 5.97 Å². The number of carbonyl (C=O) groups excluding carboxylic acids is 2. The van der Waals surface area contributed by atoms with Gasteiger partial charge in [0.05, 0.1) is 16.8 Å². The van der Waals surface area contributed by atoms with Crippen molar-refractivity contribution in [3.8, 4) is 0 Å². The Balaban J connectivity index is 2.62. The molecule has 2 aromatic carbocycles. The molecule has 6 heteroatoms. The molecule has 0 aliphatic carbocycles. The Kier molecular flexibility index (Phi) is 6.14. The van der Waals surface area contributed by atoms with Gasteiger partial charge in [-0.3, -0.25) is 9.59 Å². The topological polar surface area (TPSA) is 83.5 Å². The van der Waals surface area contributed by atoms with E-state index in [9.17, 15) is 19.5 Å². The number of hydrogen-bond donors (Lipinski definition) is 2. The average molecular weight is 343 g/mol. The summed E-state index contributed by atoms with van der Waals surface area (Å²) >= 11 is 1.40. The maximum atomic E-state index is 12.9. The first-order chi connectivity index (χ1) is 11.6. The first kappa shape index (κ1) is 17.7. The van der Waals surface area contributed by atoms with Crippen LogP contribution < -0.4 is 5.32 Å². The summed E-state index contributed by atoms with van der Waals surface area (Å²) < 4.78 is 0. The maximum Gasteiger partial charge on any atom is 0.335 e. The first-order valence-corrected chi connectivity index (χ1v) is 8.41. The monoisotopic (exact) mass is 343 g/mol. The lowest BCUT2D eigenvalue weighted by Gasteiger charge is -2.14. The zero-order chi connectivity index (χ0) is 17.5. The highest BCUT2D eigenvalue weighted by molar-refractivity contribution is 7.99. The fraction of sp³-hybridized carbons (Fsp3) is 0.167. The second kappa shape index (κ2) is 8.31. The van der Waals surface area contributed by atoms with Gasteiger partial charge in [-0.1, -0.05) is 37.3 Å². The van der Waals surface area contributed by atoms with E-state index in [0.717, 1.165) is 12.2 Å². The molecule has 2 rings (SSSR count). The molecule has 0 aliphatic heterocycles. The third-order valence-electron chi connectivity index (χ3n) is 3.29. The molecule has 1 amide bonds. The summed E-state index contributed by atoms with van der Waals surface area (Å²) in [6, 6.07) is 11.5. The van der Waals surface area contributed by atoms with Gasteiger partial charge in [-0.15, -0.1) is 11.8 Å². The van der Waals surface area contributed by atoms with Gasteiger partial charge < -0.3 is 10.4 Å². The third kappa shape index (κ3) is 4.02. The highest BCUT2D eigenvalue weighted by atomic mass is 32.2. The SMILES string of the molecule is CCCSc1cc(C(=O)O)cc(NC=O)c1C(=O)c1ccccc1. The zero-order valence-electron chi connectivity index (χ0n) is 13.1. The number of nitrogens with one attached hydrogen (secondary N) is 1. The largest absolute Gasteiger partial charge is 0.478 e. The Morgan fingerprint density at radius 2 is 1.88 bits per heavy atom. The molecule has 0 fully saturated rings. The van der Waals surface area contributed by atoms with Gasteiger partial charge in [0.15, 0.2) is 5.78 Å². The van der Waals surface area contributed by atoms with Crippen LogP contribution in [0.4, 0.5) is 5.69 Å². The minimum Gasteiger partial charge on any atom is -0.478 e. The van der Waals surface area contributed by atoms with E-state index in [4.69, 9.17) is 0 Å². The number of carboxylic acid groups (broad SMARTS) is 1. The van der Waals surface area contributed by atoms with Crippen LogP contribution in [0.5, 0.6) is 0 Å². The molecule has 2 aromatic rings. The number of benzene rings is 2. The van der Waals surface area contributed by atoms with Gasteiger partial charge in [0, 0.05) is 10.5 Å². The Hall–Kier alpha value is -2.60. The summed E-state index contributed by atoms with van der Waals surface area (Å²) in [6.45, 7) is 2.00. The summed E-state index contributed by atoms with van der Waals surface area (Å²) in [5.74, 6) is -0.630. The number of thioether (sulfide) groups is 1. The molecule has 124 valence electrons. The molecule has 0 spiro atoms. The van der Waals surface area contributed by atoms with Crippen LogP contribution in [0.2, 0.25) is 0 Å². The Labute approximate surface area is 144 Å². The van der Waals surface area contributed by atoms with Gasteiger partial charge in [0.25, 0.3) is 0 Å². The van der Waals surface area contributed by atoms with Gasteiger partial charge in [0.1, 0.15) is 0 Å². The third-order valence-corrected chi connectivity index (χ3v) is 4.53. The van der Waals surface area contributed by atoms with Gasteiger partial charge in [-0.2, -0.15) is 0 Å². The van der Waals surface area contributed by atoms with E-state index >= 15 is 0 Å². The predicted octanol–water partition coefficient (Wildman–Crippen LogP) is 3.69. The number of hydrogen-bond acceptors (Lipinski definition) is 4. The molecule has 0 atom stereocenters. The van der Waals surface area contributed by atoms with Crippen molar-refractivity contribution >= 4 is 35.6 Å². The summed E-state index contributed by atoms with van der Waals surface area (Å²) in [6.07, 6.45) is 1.31. The van der Waals surface area contributed by atoms with Crippen molar-refractivity contribution in [1.82, 2.24) is 0 Å². The van der Waals surface area contributed by atoms with Crippen LogP contribution in [0, 0.1) is 0 Å². The summed E-state index contributed by atoms with van der Waals surface area (Å²) in [5, 5.41) is 11.7. The number of rotatable bonds is 8. The highest BCUT2D eigenvalue weighted by Crippen LogP contribution is 2.33. The minimum absolute atomic E-state index is 0.0302. The molecular formula is C18H17NO4S. The molecule has 0 radical (unpaired) electrons. The van der Waals surface area contributed by atoms with Crippen molar-refractivity contribution < 1.29 is 19.5 Å². The minimum atomic E-state index is -1.11. The molecule has 0 bridgehead atoms. The summed E-state index contributed by atoms with van der Waals surface area (Å²) in [4.78, 5) is 35.7. The Morgan fingerprint density at radius 1 is 1.17 bits per heavy atom. The Bertz CT molecular complexity index is 759. The first-order valence-electron chi connectivity index (χ1n) is 7.42. The van der Waals surface area contributed by atoms with Gasteiger partial charge in [-0.05, 0) is 24.3 Å². The molecule has 0 aliphatic rings. The standard InChI is InChI=1S/C18H17NO4S/c1-2-8-24-15-10-13(18(22)23)9-14(19-11-20)16(15)17(21)12-6-4-3-5-7-12/h3-7,9-11H,2,8H2,1H3,(H,19,20)(H,22,23). The molecule has 0 unspecified atom stereocenters. The normalized spacial score (nSPS) is 10.2. The number of aromatic carboxylic acids is 1. The van der Waals surface area contributed by atoms with Crippen molar-refractivity contribution in [3.05, 3.63) is 59.2 Å². The van der Waals surface area contributed by atoms with E-state index in [0.29, 0.717) is 22.4 Å². The van der Waals surface area contributed by atoms with E-state index in [1.54, 1.807) is 24.3 Å². The van der Waals surface area contributed by atoms with Gasteiger partial charge in [0.2, 0.25) is 6.41 Å². The molecule has 0 heterocycles. The number of amides is 1. The lowest BCUT2D eigenvalue weighted by molar-refractivity contribution is -0.105. The molecule has 0 saturated carbocycles. The van der Waals surface area contributed by atoms with Crippen molar-refractivity contribution in [1.29, 1.82) is 0 Å². The van der Waals surface area contributed by atoms with Crippen LogP contribution in [0.3, 0.4) is 0 Å². The van der Waals surface area contributed by atoms with Crippen LogP contribution in [0.1, 0.15) is 39.6 Å². The highest BCUT2D eigenvalue weighted by Gasteiger charge is 2.21. The average Bonchev–Trinajstić information content (AvgIpc) is 2.60. The lowest BCUT2D eigenvalue weighted by atomic mass is 9.99. The number of carboxylic acids is 1. The van der Waals surface area contributed by atoms with E-state index in [1.807, 2.05) is 13.0 Å². The summed E-state index contributed by atoms with van der Waals surface area (Å²) in [5.41, 5.74) is 1.03. The lowest BCUT2D eigenvalue weighted by Crippen LogP contribution is -2.11. The zero-order valence-corrected chi connectivity index (χ0v) is 13.9. The van der Waals surface area contributed by atoms with E-state index in [2.05, 4.69) is 5.32 Å². The van der Waals surface area contributed by atoms with Crippen LogP contribution in [-0.2, 0) is 4.79 Å².